The number of fused-ring (bicyclic) bond motifs is 1. The third kappa shape index (κ3) is 3.50. The number of hydrogen-bond donors (Lipinski definition) is 3. The van der Waals surface area contributed by atoms with Gasteiger partial charge in [-0.15, -0.1) is 0 Å². The van der Waals surface area contributed by atoms with E-state index in [9.17, 15) is 4.39 Å². The maximum Gasteiger partial charge on any atom is 0.233 e. The van der Waals surface area contributed by atoms with E-state index in [1.165, 1.54) is 18.6 Å². The van der Waals surface area contributed by atoms with E-state index >= 15 is 0 Å². The number of anilines is 1. The van der Waals surface area contributed by atoms with Gasteiger partial charge in [-0.05, 0) is 25.1 Å². The lowest BCUT2D eigenvalue weighted by Gasteiger charge is -2.09. The topological polar surface area (TPSA) is 119 Å². The number of benzene rings is 1. The lowest BCUT2D eigenvalue weighted by molar-refractivity contribution is 0.0997. The van der Waals surface area contributed by atoms with Crippen molar-refractivity contribution >= 4 is 22.9 Å². The number of aliphatic hydroxyl groups excluding tert-OH is 1. The number of oxime groups is 1. The largest absolute Gasteiger partial charge is 0.435 e. The zero-order chi connectivity index (χ0) is 17.8. The Labute approximate surface area is 142 Å². The molecule has 2 aromatic heterocycles. The quantitative estimate of drug-likeness (QED) is 0.358. The molecule has 3 rings (SSSR count). The highest BCUT2D eigenvalue weighted by molar-refractivity contribution is 5.88. The summed E-state index contributed by atoms with van der Waals surface area (Å²) in [5, 5.41) is 12.7. The van der Waals surface area contributed by atoms with Crippen molar-refractivity contribution in [1.29, 1.82) is 0 Å². The SMILES string of the molecule is Cc1cc2c(F)c(Oc3ncnc(N)c3/C=N/OCCO)ccc2[nH]1. The number of aryl methyl sites for hydroxylation is 1. The molecule has 1 aromatic carbocycles. The fraction of sp³-hybridized carbons (Fsp3) is 0.188. The molecule has 8 nitrogen and oxygen atoms in total. The predicted octanol–water partition coefficient (Wildman–Crippen LogP) is 2.12. The molecule has 0 fully saturated rings. The first-order chi connectivity index (χ1) is 12.1. The lowest BCUT2D eigenvalue weighted by atomic mass is 10.2. The van der Waals surface area contributed by atoms with Gasteiger partial charge in [-0.1, -0.05) is 5.16 Å². The predicted molar refractivity (Wildman–Crippen MR) is 90.1 cm³/mol. The number of aliphatic hydroxyl groups is 1. The van der Waals surface area contributed by atoms with Crippen LogP contribution in [0.1, 0.15) is 11.3 Å². The van der Waals surface area contributed by atoms with Crippen LogP contribution in [0.2, 0.25) is 0 Å². The minimum absolute atomic E-state index is 0.00414. The molecule has 0 saturated carbocycles. The molecule has 3 aromatic rings. The first kappa shape index (κ1) is 16.7. The third-order valence-electron chi connectivity index (χ3n) is 3.36. The summed E-state index contributed by atoms with van der Waals surface area (Å²) in [6.07, 6.45) is 2.45. The van der Waals surface area contributed by atoms with Crippen LogP contribution in [0.4, 0.5) is 10.2 Å². The second-order valence-corrected chi connectivity index (χ2v) is 5.16. The standard InChI is InChI=1S/C16H16FN5O3/c1-9-6-10-12(22-9)2-3-13(14(10)17)25-16-11(7-21-24-5-4-23)15(18)19-8-20-16/h2-3,6-8,22-23H,4-5H2,1H3,(H2,18,19,20)/b21-7+. The number of aromatic nitrogens is 3. The van der Waals surface area contributed by atoms with Crippen molar-refractivity contribution in [2.24, 2.45) is 5.16 Å². The monoisotopic (exact) mass is 345 g/mol. The molecule has 0 atom stereocenters. The van der Waals surface area contributed by atoms with Crippen LogP contribution in [0.5, 0.6) is 11.6 Å². The summed E-state index contributed by atoms with van der Waals surface area (Å²) in [7, 11) is 0. The molecule has 0 amide bonds. The van der Waals surface area contributed by atoms with Gasteiger partial charge in [-0.2, -0.15) is 0 Å². The highest BCUT2D eigenvalue weighted by Crippen LogP contribution is 2.31. The second kappa shape index (κ2) is 7.14. The van der Waals surface area contributed by atoms with E-state index in [1.54, 1.807) is 12.1 Å². The average Bonchev–Trinajstić information content (AvgIpc) is 2.97. The smallest absolute Gasteiger partial charge is 0.233 e. The van der Waals surface area contributed by atoms with Gasteiger partial charge >= 0.3 is 0 Å². The van der Waals surface area contributed by atoms with E-state index in [0.29, 0.717) is 10.9 Å². The molecule has 0 unspecified atom stereocenters. The Morgan fingerprint density at radius 3 is 3.04 bits per heavy atom. The third-order valence-corrected chi connectivity index (χ3v) is 3.36. The van der Waals surface area contributed by atoms with Crippen LogP contribution in [0.15, 0.2) is 29.7 Å². The minimum atomic E-state index is -0.515. The van der Waals surface area contributed by atoms with Crippen molar-refractivity contribution in [3.05, 3.63) is 41.6 Å². The molecule has 0 radical (unpaired) electrons. The molecule has 0 saturated heterocycles. The van der Waals surface area contributed by atoms with Crippen LogP contribution in [0.25, 0.3) is 10.9 Å². The summed E-state index contributed by atoms with van der Waals surface area (Å²) in [5.41, 5.74) is 7.55. The number of nitrogens with one attached hydrogen (secondary N) is 1. The number of ether oxygens (including phenoxy) is 1. The van der Waals surface area contributed by atoms with Gasteiger partial charge in [0.2, 0.25) is 5.88 Å². The van der Waals surface area contributed by atoms with E-state index < -0.39 is 5.82 Å². The van der Waals surface area contributed by atoms with Crippen LogP contribution in [-0.4, -0.2) is 39.5 Å². The number of nitrogens with zero attached hydrogens (tertiary/aromatic N) is 3. The Morgan fingerprint density at radius 2 is 2.24 bits per heavy atom. The number of nitrogen functional groups attached to an aromatic ring is 1. The zero-order valence-corrected chi connectivity index (χ0v) is 13.4. The fourth-order valence-corrected chi connectivity index (χ4v) is 2.25. The Balaban J connectivity index is 1.94. The summed E-state index contributed by atoms with van der Waals surface area (Å²) in [5.74, 6) is -0.386. The van der Waals surface area contributed by atoms with Gasteiger partial charge in [0.1, 0.15) is 24.3 Å². The molecular formula is C16H16FN5O3. The molecule has 130 valence electrons. The van der Waals surface area contributed by atoms with Gasteiger partial charge < -0.3 is 25.4 Å². The summed E-state index contributed by atoms with van der Waals surface area (Å²) in [6.45, 7) is 1.69. The maximum atomic E-state index is 14.6. The normalized spacial score (nSPS) is 11.3. The number of rotatable bonds is 6. The molecule has 9 heteroatoms. The van der Waals surface area contributed by atoms with Gasteiger partial charge in [0.25, 0.3) is 0 Å². The Bertz CT molecular complexity index is 926. The number of halogens is 1. The van der Waals surface area contributed by atoms with Crippen LogP contribution in [0.3, 0.4) is 0 Å². The van der Waals surface area contributed by atoms with Crippen molar-refractivity contribution in [3.8, 4) is 11.6 Å². The van der Waals surface area contributed by atoms with E-state index in [-0.39, 0.29) is 36.2 Å². The highest BCUT2D eigenvalue weighted by Gasteiger charge is 2.15. The van der Waals surface area contributed by atoms with Crippen molar-refractivity contribution in [1.82, 2.24) is 15.0 Å². The van der Waals surface area contributed by atoms with Gasteiger partial charge in [0.15, 0.2) is 11.6 Å². The van der Waals surface area contributed by atoms with E-state index in [0.717, 1.165) is 5.69 Å². The molecule has 4 N–H and O–H groups in total. The summed E-state index contributed by atoms with van der Waals surface area (Å²) in [6, 6.07) is 4.90. The maximum absolute atomic E-state index is 14.6. The zero-order valence-electron chi connectivity index (χ0n) is 13.4. The highest BCUT2D eigenvalue weighted by atomic mass is 19.1. The fourth-order valence-electron chi connectivity index (χ4n) is 2.25. The second-order valence-electron chi connectivity index (χ2n) is 5.16. The van der Waals surface area contributed by atoms with Crippen LogP contribution < -0.4 is 10.5 Å². The summed E-state index contributed by atoms with van der Waals surface area (Å²) in [4.78, 5) is 15.7. The van der Waals surface area contributed by atoms with Crippen molar-refractivity contribution in [2.75, 3.05) is 18.9 Å². The lowest BCUT2D eigenvalue weighted by Crippen LogP contribution is -2.03. The minimum Gasteiger partial charge on any atom is -0.435 e. The van der Waals surface area contributed by atoms with E-state index in [4.69, 9.17) is 20.4 Å². The van der Waals surface area contributed by atoms with Crippen molar-refractivity contribution < 1.29 is 19.1 Å². The number of H-pyrrole nitrogens is 1. The molecule has 25 heavy (non-hydrogen) atoms. The van der Waals surface area contributed by atoms with Crippen molar-refractivity contribution in [2.45, 2.75) is 6.92 Å². The van der Waals surface area contributed by atoms with Gasteiger partial charge in [0.05, 0.1) is 12.8 Å². The van der Waals surface area contributed by atoms with Gasteiger partial charge in [-0.25, -0.2) is 14.4 Å². The number of aromatic amines is 1. The molecule has 0 aliphatic carbocycles. The van der Waals surface area contributed by atoms with Crippen LogP contribution >= 0.6 is 0 Å². The molecular weight excluding hydrogens is 329 g/mol. The Morgan fingerprint density at radius 1 is 1.40 bits per heavy atom. The van der Waals surface area contributed by atoms with Crippen molar-refractivity contribution in [3.63, 3.8) is 0 Å². The number of nitrogens with two attached hydrogens (primary N) is 1. The van der Waals surface area contributed by atoms with Gasteiger partial charge in [0, 0.05) is 16.6 Å². The average molecular weight is 345 g/mol. The first-order valence-electron chi connectivity index (χ1n) is 7.42. The van der Waals surface area contributed by atoms with E-state index in [2.05, 4.69) is 20.1 Å². The van der Waals surface area contributed by atoms with Crippen LogP contribution in [0, 0.1) is 12.7 Å². The van der Waals surface area contributed by atoms with Crippen LogP contribution in [-0.2, 0) is 4.84 Å². The molecule has 2 heterocycles. The van der Waals surface area contributed by atoms with Gasteiger partial charge in [-0.3, -0.25) is 0 Å². The number of hydrogen-bond acceptors (Lipinski definition) is 7. The first-order valence-corrected chi connectivity index (χ1v) is 7.42. The van der Waals surface area contributed by atoms with E-state index in [1.807, 2.05) is 6.92 Å². The summed E-state index contributed by atoms with van der Waals surface area (Å²) >= 11 is 0. The molecule has 0 spiro atoms. The Hall–Kier alpha value is -3.20. The molecule has 0 aliphatic rings. The Kier molecular flexibility index (Phi) is 4.75. The molecule has 0 bridgehead atoms. The summed E-state index contributed by atoms with van der Waals surface area (Å²) < 4.78 is 20.2. The molecule has 0 aliphatic heterocycles.